The first-order valence-electron chi connectivity index (χ1n) is 10.4. The predicted octanol–water partition coefficient (Wildman–Crippen LogP) is 7.93. The number of aryl methyl sites for hydroxylation is 1. The fraction of sp³-hybridized carbons (Fsp3) is 0.214. The molecular weight excluding hydrogens is 368 g/mol. The molecule has 4 rings (SSSR count). The minimum absolute atomic E-state index is 0.234. The summed E-state index contributed by atoms with van der Waals surface area (Å²) in [5.74, 6) is 1.98. The van der Waals surface area contributed by atoms with Gasteiger partial charge in [0.2, 0.25) is 0 Å². The molecular formula is C28H28O2. The highest BCUT2D eigenvalue weighted by Crippen LogP contribution is 2.47. The summed E-state index contributed by atoms with van der Waals surface area (Å²) in [6.45, 7) is 11.0. The van der Waals surface area contributed by atoms with Gasteiger partial charge in [0.05, 0.1) is 0 Å². The number of phenols is 1. The maximum Gasteiger partial charge on any atom is 0.128 e. The van der Waals surface area contributed by atoms with Gasteiger partial charge in [0.15, 0.2) is 0 Å². The number of allylic oxidation sites excluding steroid dienone is 4. The van der Waals surface area contributed by atoms with Gasteiger partial charge in [0, 0.05) is 11.5 Å². The third-order valence-electron chi connectivity index (χ3n) is 6.37. The van der Waals surface area contributed by atoms with Gasteiger partial charge in [0.1, 0.15) is 17.2 Å². The fourth-order valence-corrected chi connectivity index (χ4v) is 4.40. The molecule has 152 valence electrons. The van der Waals surface area contributed by atoms with Crippen molar-refractivity contribution in [3.63, 3.8) is 0 Å². The summed E-state index contributed by atoms with van der Waals surface area (Å²) in [6.07, 6.45) is 0. The van der Waals surface area contributed by atoms with E-state index in [1.54, 1.807) is 12.1 Å². The van der Waals surface area contributed by atoms with Crippen LogP contribution in [0.25, 0.3) is 11.1 Å². The molecule has 0 amide bonds. The van der Waals surface area contributed by atoms with Crippen LogP contribution in [-0.4, -0.2) is 5.11 Å². The molecule has 1 N–H and O–H groups in total. The first kappa shape index (κ1) is 20.0. The van der Waals surface area contributed by atoms with Crippen LogP contribution in [0.4, 0.5) is 0 Å². The van der Waals surface area contributed by atoms with Gasteiger partial charge in [-0.25, -0.2) is 0 Å². The van der Waals surface area contributed by atoms with E-state index in [-0.39, 0.29) is 11.7 Å². The van der Waals surface area contributed by atoms with E-state index in [1.807, 2.05) is 36.4 Å². The van der Waals surface area contributed by atoms with Gasteiger partial charge in [-0.2, -0.15) is 0 Å². The van der Waals surface area contributed by atoms with Gasteiger partial charge >= 0.3 is 0 Å². The lowest BCUT2D eigenvalue weighted by Crippen LogP contribution is -2.03. The van der Waals surface area contributed by atoms with Gasteiger partial charge in [-0.15, -0.1) is 0 Å². The molecule has 2 heteroatoms. The van der Waals surface area contributed by atoms with Crippen molar-refractivity contribution in [1.29, 1.82) is 0 Å². The number of rotatable bonds is 4. The smallest absolute Gasteiger partial charge is 0.128 e. The standard InChI is InChI=1S/C28H28O2/c1-17-11-13-24(26(15-17)28-20(4)18(2)19(3)21(28)5)25-16-23(12-14-27(25)29)30-22-9-7-6-8-10-22/h6-16,28-29H,1-5H3. The molecule has 0 radical (unpaired) electrons. The minimum atomic E-state index is 0.234. The molecule has 0 heterocycles. The molecule has 3 aromatic rings. The second-order valence-electron chi connectivity index (χ2n) is 8.23. The zero-order valence-electron chi connectivity index (χ0n) is 18.3. The Morgan fingerprint density at radius 3 is 2.00 bits per heavy atom. The second kappa shape index (κ2) is 7.87. The maximum atomic E-state index is 10.7. The van der Waals surface area contributed by atoms with E-state index in [9.17, 15) is 5.11 Å². The summed E-state index contributed by atoms with van der Waals surface area (Å²) in [6, 6.07) is 21.6. The Morgan fingerprint density at radius 1 is 0.667 bits per heavy atom. The van der Waals surface area contributed by atoms with Crippen molar-refractivity contribution >= 4 is 0 Å². The molecule has 0 fully saturated rings. The van der Waals surface area contributed by atoms with Gasteiger partial charge in [-0.3, -0.25) is 0 Å². The van der Waals surface area contributed by atoms with Crippen molar-refractivity contribution < 1.29 is 9.84 Å². The van der Waals surface area contributed by atoms with Gasteiger partial charge in [0.25, 0.3) is 0 Å². The highest BCUT2D eigenvalue weighted by atomic mass is 16.5. The number of hydrogen-bond donors (Lipinski definition) is 1. The molecule has 30 heavy (non-hydrogen) atoms. The Morgan fingerprint density at radius 2 is 1.33 bits per heavy atom. The third kappa shape index (κ3) is 3.54. The normalized spacial score (nSPS) is 14.6. The maximum absolute atomic E-state index is 10.7. The van der Waals surface area contributed by atoms with E-state index in [4.69, 9.17) is 4.74 Å². The van der Waals surface area contributed by atoms with E-state index in [2.05, 4.69) is 52.8 Å². The van der Waals surface area contributed by atoms with Gasteiger partial charge < -0.3 is 9.84 Å². The van der Waals surface area contributed by atoms with E-state index in [1.165, 1.54) is 33.4 Å². The first-order chi connectivity index (χ1) is 14.4. The van der Waals surface area contributed by atoms with E-state index >= 15 is 0 Å². The quantitative estimate of drug-likeness (QED) is 0.485. The number of hydrogen-bond acceptors (Lipinski definition) is 2. The molecule has 1 aliphatic rings. The number of ether oxygens (including phenoxy) is 1. The zero-order chi connectivity index (χ0) is 21.4. The monoisotopic (exact) mass is 396 g/mol. The van der Waals surface area contributed by atoms with Crippen LogP contribution in [0.2, 0.25) is 0 Å². The molecule has 1 aliphatic carbocycles. The zero-order valence-corrected chi connectivity index (χ0v) is 18.3. The third-order valence-corrected chi connectivity index (χ3v) is 6.37. The number of aromatic hydroxyl groups is 1. The van der Waals surface area contributed by atoms with Crippen molar-refractivity contribution in [3.8, 4) is 28.4 Å². The average molecular weight is 397 g/mol. The molecule has 0 spiro atoms. The highest BCUT2D eigenvalue weighted by Gasteiger charge is 2.28. The van der Waals surface area contributed by atoms with E-state index < -0.39 is 0 Å². The van der Waals surface area contributed by atoms with Crippen LogP contribution in [0.1, 0.15) is 44.7 Å². The molecule has 3 aromatic carbocycles. The van der Waals surface area contributed by atoms with Crippen molar-refractivity contribution in [2.75, 3.05) is 0 Å². The number of phenolic OH excluding ortho intramolecular Hbond substituents is 1. The molecule has 0 saturated heterocycles. The summed E-state index contributed by atoms with van der Waals surface area (Å²) in [5, 5.41) is 10.7. The summed E-state index contributed by atoms with van der Waals surface area (Å²) in [7, 11) is 0. The fourth-order valence-electron chi connectivity index (χ4n) is 4.40. The lowest BCUT2D eigenvalue weighted by molar-refractivity contribution is 0.466. The van der Waals surface area contributed by atoms with Gasteiger partial charge in [-0.05, 0) is 87.2 Å². The average Bonchev–Trinajstić information content (AvgIpc) is 2.93. The van der Waals surface area contributed by atoms with E-state index in [0.717, 1.165) is 16.9 Å². The van der Waals surface area contributed by atoms with Crippen molar-refractivity contribution in [2.45, 2.75) is 40.5 Å². The Hall–Kier alpha value is -3.26. The molecule has 0 saturated carbocycles. The molecule has 0 atom stereocenters. The summed E-state index contributed by atoms with van der Waals surface area (Å²) in [5.41, 5.74) is 9.79. The van der Waals surface area contributed by atoms with Crippen molar-refractivity contribution in [3.05, 3.63) is 100 Å². The lowest BCUT2D eigenvalue weighted by atomic mass is 9.83. The van der Waals surface area contributed by atoms with E-state index in [0.29, 0.717) is 5.75 Å². The number of para-hydroxylation sites is 1. The van der Waals surface area contributed by atoms with Crippen LogP contribution in [-0.2, 0) is 0 Å². The van der Waals surface area contributed by atoms with Crippen LogP contribution in [0.5, 0.6) is 17.2 Å². The minimum Gasteiger partial charge on any atom is -0.507 e. The first-order valence-corrected chi connectivity index (χ1v) is 10.4. The molecule has 0 aromatic heterocycles. The van der Waals surface area contributed by atoms with Crippen LogP contribution in [0, 0.1) is 6.92 Å². The molecule has 2 nitrogen and oxygen atoms in total. The topological polar surface area (TPSA) is 29.5 Å². The van der Waals surface area contributed by atoms with Crippen LogP contribution >= 0.6 is 0 Å². The molecule has 0 bridgehead atoms. The largest absolute Gasteiger partial charge is 0.507 e. The second-order valence-corrected chi connectivity index (χ2v) is 8.23. The van der Waals surface area contributed by atoms with Gasteiger partial charge in [-0.1, -0.05) is 53.1 Å². The van der Waals surface area contributed by atoms with Crippen LogP contribution in [0.3, 0.4) is 0 Å². The predicted molar refractivity (Wildman–Crippen MR) is 124 cm³/mol. The lowest BCUT2D eigenvalue weighted by Gasteiger charge is -2.21. The van der Waals surface area contributed by atoms with Crippen molar-refractivity contribution in [1.82, 2.24) is 0 Å². The number of benzene rings is 3. The Balaban J connectivity index is 1.83. The Bertz CT molecular complexity index is 1140. The van der Waals surface area contributed by atoms with Crippen LogP contribution in [0.15, 0.2) is 89.0 Å². The van der Waals surface area contributed by atoms with Crippen molar-refractivity contribution in [2.24, 2.45) is 0 Å². The summed E-state index contributed by atoms with van der Waals surface area (Å²) >= 11 is 0. The Labute approximate surface area is 179 Å². The molecule has 0 unspecified atom stereocenters. The highest BCUT2D eigenvalue weighted by molar-refractivity contribution is 5.77. The Kier molecular flexibility index (Phi) is 5.26. The van der Waals surface area contributed by atoms with Crippen LogP contribution < -0.4 is 4.74 Å². The summed E-state index contributed by atoms with van der Waals surface area (Å²) < 4.78 is 6.03. The summed E-state index contributed by atoms with van der Waals surface area (Å²) in [4.78, 5) is 0. The molecule has 0 aliphatic heterocycles. The SMILES string of the molecule is CC1=C(C)C(c2cc(C)ccc2-c2cc(Oc3ccccc3)ccc2O)C(C)=C1C.